The van der Waals surface area contributed by atoms with Gasteiger partial charge in [-0.05, 0) is 18.2 Å². The fourth-order valence-electron chi connectivity index (χ4n) is 1.20. The van der Waals surface area contributed by atoms with Gasteiger partial charge in [0, 0.05) is 5.69 Å². The number of nitrogens with one attached hydrogen (secondary N) is 2. The van der Waals surface area contributed by atoms with E-state index < -0.39 is 39.4 Å². The van der Waals surface area contributed by atoms with Crippen molar-refractivity contribution in [1.29, 1.82) is 0 Å². The van der Waals surface area contributed by atoms with Crippen LogP contribution in [0.3, 0.4) is 0 Å². The first-order valence-corrected chi connectivity index (χ1v) is 6.38. The number of nitrogen functional groups attached to an aromatic ring is 1. The van der Waals surface area contributed by atoms with E-state index in [4.69, 9.17) is 5.73 Å². The topological polar surface area (TPSA) is 111 Å². The molecule has 1 aromatic carbocycles. The predicted octanol–water partition coefficient (Wildman–Crippen LogP) is 1.30. The molecule has 0 atom stereocenters. The van der Waals surface area contributed by atoms with Gasteiger partial charge in [0.25, 0.3) is 0 Å². The quantitative estimate of drug-likeness (QED) is 0.728. The van der Waals surface area contributed by atoms with Crippen molar-refractivity contribution in [3.05, 3.63) is 23.8 Å². The van der Waals surface area contributed by atoms with E-state index in [1.807, 2.05) is 0 Å². The number of amides is 1. The summed E-state index contributed by atoms with van der Waals surface area (Å²) < 4.78 is 67.7. The number of alkyl halides is 3. The average molecular weight is 313 g/mol. The Hall–Kier alpha value is -2.17. The number of nitrogens with two attached hydrogens (primary N) is 1. The van der Waals surface area contributed by atoms with Gasteiger partial charge in [-0.25, -0.2) is 9.52 Å². The maximum Gasteiger partial charge on any atom is 0.422 e. The van der Waals surface area contributed by atoms with Crippen LogP contribution < -0.4 is 15.2 Å². The van der Waals surface area contributed by atoms with Crippen molar-refractivity contribution >= 4 is 27.7 Å². The Kier molecular flexibility index (Phi) is 4.33. The van der Waals surface area contributed by atoms with Gasteiger partial charge in [0.1, 0.15) is 0 Å². The smallest absolute Gasteiger partial charge is 0.422 e. The Bertz CT molecular complexity index is 615. The largest absolute Gasteiger partial charge is 0.452 e. The summed E-state index contributed by atoms with van der Waals surface area (Å²) in [5, 5.41) is 0. The maximum atomic E-state index is 12.6. The lowest BCUT2D eigenvalue weighted by Gasteiger charge is -2.13. The minimum atomic E-state index is -4.73. The molecule has 0 bridgehead atoms. The van der Waals surface area contributed by atoms with Crippen LogP contribution in [-0.4, -0.2) is 21.6 Å². The molecule has 1 rings (SSSR count). The second-order valence-electron chi connectivity index (χ2n) is 3.50. The van der Waals surface area contributed by atoms with Gasteiger partial charge in [-0.1, -0.05) is 0 Å². The summed E-state index contributed by atoms with van der Waals surface area (Å²) in [6.45, 7) is 0. The van der Waals surface area contributed by atoms with Gasteiger partial charge in [0.05, 0.1) is 18.4 Å². The molecule has 0 saturated carbocycles. The summed E-state index contributed by atoms with van der Waals surface area (Å²) >= 11 is 0. The molecule has 0 saturated heterocycles. The Labute approximate surface area is 112 Å². The van der Waals surface area contributed by atoms with Gasteiger partial charge < -0.3 is 10.5 Å². The third kappa shape index (κ3) is 4.19. The number of benzene rings is 1. The molecule has 0 aromatic heterocycles. The van der Waals surface area contributed by atoms with Gasteiger partial charge in [0.2, 0.25) is 0 Å². The van der Waals surface area contributed by atoms with E-state index in [1.54, 1.807) is 4.72 Å². The number of carbonyl (C=O) groups excluding carboxylic acids is 1. The van der Waals surface area contributed by atoms with E-state index in [0.717, 1.165) is 19.2 Å². The normalized spacial score (nSPS) is 11.8. The SMILES string of the molecule is COC(=O)NS(=O)(=O)Nc1ccc(N)c(C(F)(F)F)c1. The maximum absolute atomic E-state index is 12.6. The molecule has 1 aromatic rings. The van der Waals surface area contributed by atoms with Crippen molar-refractivity contribution in [1.82, 2.24) is 4.72 Å². The van der Waals surface area contributed by atoms with E-state index in [9.17, 15) is 26.4 Å². The molecule has 0 aliphatic rings. The van der Waals surface area contributed by atoms with Crippen LogP contribution in [-0.2, 0) is 21.1 Å². The van der Waals surface area contributed by atoms with Crippen molar-refractivity contribution in [2.75, 3.05) is 17.6 Å². The first-order valence-electron chi connectivity index (χ1n) is 4.90. The standard InChI is InChI=1S/C9H10F3N3O4S/c1-19-8(16)15-20(17,18)14-5-2-3-7(13)6(4-5)9(10,11)12/h2-4,14H,13H2,1H3,(H,15,16). The highest BCUT2D eigenvalue weighted by atomic mass is 32.2. The fourth-order valence-corrected chi connectivity index (χ4v) is 1.99. The molecule has 4 N–H and O–H groups in total. The van der Waals surface area contributed by atoms with E-state index >= 15 is 0 Å². The van der Waals surface area contributed by atoms with Crippen LogP contribution in [0.5, 0.6) is 0 Å². The van der Waals surface area contributed by atoms with E-state index in [-0.39, 0.29) is 0 Å². The molecule has 0 fully saturated rings. The van der Waals surface area contributed by atoms with Gasteiger partial charge in [-0.2, -0.15) is 21.6 Å². The highest BCUT2D eigenvalue weighted by Gasteiger charge is 2.33. The second kappa shape index (κ2) is 5.45. The van der Waals surface area contributed by atoms with Crippen LogP contribution in [0.15, 0.2) is 18.2 Å². The zero-order valence-corrected chi connectivity index (χ0v) is 10.8. The number of ether oxygens (including phenoxy) is 1. The number of rotatable bonds is 3. The van der Waals surface area contributed by atoms with Crippen molar-refractivity contribution in [2.45, 2.75) is 6.18 Å². The fraction of sp³-hybridized carbons (Fsp3) is 0.222. The van der Waals surface area contributed by atoms with Crippen molar-refractivity contribution in [3.63, 3.8) is 0 Å². The number of hydrogen-bond acceptors (Lipinski definition) is 5. The summed E-state index contributed by atoms with van der Waals surface area (Å²) in [4.78, 5) is 10.7. The lowest BCUT2D eigenvalue weighted by atomic mass is 10.1. The highest BCUT2D eigenvalue weighted by molar-refractivity contribution is 7.91. The van der Waals surface area contributed by atoms with E-state index in [2.05, 4.69) is 4.74 Å². The first-order chi connectivity index (χ1) is 9.05. The van der Waals surface area contributed by atoms with Crippen LogP contribution in [0, 0.1) is 0 Å². The number of methoxy groups -OCH3 is 1. The average Bonchev–Trinajstić information content (AvgIpc) is 2.29. The monoisotopic (exact) mass is 313 g/mol. The van der Waals surface area contributed by atoms with Crippen LogP contribution in [0.25, 0.3) is 0 Å². The zero-order chi connectivity index (χ0) is 15.6. The Morgan fingerprint density at radius 1 is 1.35 bits per heavy atom. The van der Waals surface area contributed by atoms with Gasteiger partial charge >= 0.3 is 22.5 Å². The molecule has 20 heavy (non-hydrogen) atoms. The van der Waals surface area contributed by atoms with Gasteiger partial charge in [-0.3, -0.25) is 4.72 Å². The highest BCUT2D eigenvalue weighted by Crippen LogP contribution is 2.35. The number of anilines is 2. The summed E-state index contributed by atoms with van der Waals surface area (Å²) in [7, 11) is -3.48. The first kappa shape index (κ1) is 15.9. The molecule has 112 valence electrons. The summed E-state index contributed by atoms with van der Waals surface area (Å²) in [6, 6.07) is 2.41. The van der Waals surface area contributed by atoms with Crippen LogP contribution >= 0.6 is 0 Å². The Morgan fingerprint density at radius 3 is 2.45 bits per heavy atom. The lowest BCUT2D eigenvalue weighted by molar-refractivity contribution is -0.136. The zero-order valence-electron chi connectivity index (χ0n) is 9.98. The molecular weight excluding hydrogens is 303 g/mol. The van der Waals surface area contributed by atoms with Crippen LogP contribution in [0.2, 0.25) is 0 Å². The minimum Gasteiger partial charge on any atom is -0.452 e. The van der Waals surface area contributed by atoms with Crippen LogP contribution in [0.4, 0.5) is 29.3 Å². The number of hydrogen-bond donors (Lipinski definition) is 3. The van der Waals surface area contributed by atoms with Crippen LogP contribution in [0.1, 0.15) is 5.56 Å². The predicted molar refractivity (Wildman–Crippen MR) is 63.9 cm³/mol. The Balaban J connectivity index is 3.03. The molecule has 0 spiro atoms. The van der Waals surface area contributed by atoms with Crippen molar-refractivity contribution in [3.8, 4) is 0 Å². The third-order valence-electron chi connectivity index (χ3n) is 2.01. The summed E-state index contributed by atoms with van der Waals surface area (Å²) in [5.41, 5.74) is 2.99. The summed E-state index contributed by atoms with van der Waals surface area (Å²) in [6.07, 6.45) is -6.02. The number of carbonyl (C=O) groups is 1. The molecule has 1 amide bonds. The van der Waals surface area contributed by atoms with Crippen molar-refractivity contribution < 1.29 is 31.1 Å². The molecule has 0 unspecified atom stereocenters. The van der Waals surface area contributed by atoms with E-state index in [0.29, 0.717) is 6.07 Å². The van der Waals surface area contributed by atoms with E-state index in [1.165, 1.54) is 4.72 Å². The molecule has 11 heteroatoms. The van der Waals surface area contributed by atoms with Crippen molar-refractivity contribution in [2.24, 2.45) is 0 Å². The molecule has 0 aliphatic heterocycles. The van der Waals surface area contributed by atoms with Gasteiger partial charge in [0.15, 0.2) is 0 Å². The second-order valence-corrected chi connectivity index (χ2v) is 4.91. The molecule has 0 aliphatic carbocycles. The van der Waals surface area contributed by atoms with Gasteiger partial charge in [-0.15, -0.1) is 0 Å². The molecular formula is C9H10F3N3O4S. The summed E-state index contributed by atoms with van der Waals surface area (Å²) in [5.74, 6) is 0. The molecule has 0 radical (unpaired) electrons. The molecule has 0 heterocycles. The number of halogens is 3. The third-order valence-corrected chi connectivity index (χ3v) is 2.95. The minimum absolute atomic E-state index is 0.414. The molecule has 7 nitrogen and oxygen atoms in total. The Morgan fingerprint density at radius 2 is 1.95 bits per heavy atom. The lowest BCUT2D eigenvalue weighted by Crippen LogP contribution is -2.35.